The fourth-order valence-corrected chi connectivity index (χ4v) is 4.55. The van der Waals surface area contributed by atoms with Crippen LogP contribution in [0.5, 0.6) is 11.5 Å². The number of aryl methyl sites for hydroxylation is 1. The van der Waals surface area contributed by atoms with Crippen LogP contribution < -0.4 is 9.47 Å². The van der Waals surface area contributed by atoms with Crippen LogP contribution in [0.2, 0.25) is 0 Å². The Morgan fingerprint density at radius 3 is 1.34 bits per heavy atom. The van der Waals surface area contributed by atoms with Crippen LogP contribution in [-0.2, 0) is 9.59 Å². The molecule has 1 rings (SSSR count). The molecule has 0 radical (unpaired) electrons. The number of rotatable bonds is 20. The molecule has 0 bridgehead atoms. The van der Waals surface area contributed by atoms with Gasteiger partial charge >= 0.3 is 11.9 Å². The molecule has 1 aromatic carbocycles. The minimum absolute atomic E-state index is 0.0884. The number of hydrogen-bond acceptors (Lipinski definition) is 4. The van der Waals surface area contributed by atoms with Crippen molar-refractivity contribution < 1.29 is 19.1 Å². The van der Waals surface area contributed by atoms with Crippen molar-refractivity contribution in [2.75, 3.05) is 0 Å². The van der Waals surface area contributed by atoms with Gasteiger partial charge in [0.05, 0.1) is 11.8 Å². The van der Waals surface area contributed by atoms with E-state index in [0.29, 0.717) is 11.5 Å². The summed E-state index contributed by atoms with van der Waals surface area (Å²) in [7, 11) is 0. The zero-order chi connectivity index (χ0) is 25.9. The van der Waals surface area contributed by atoms with E-state index >= 15 is 0 Å². The van der Waals surface area contributed by atoms with Crippen LogP contribution in [-0.4, -0.2) is 11.9 Å². The van der Waals surface area contributed by atoms with Crippen LogP contribution in [0.25, 0.3) is 0 Å². The number of carbonyl (C=O) groups is 2. The van der Waals surface area contributed by atoms with Gasteiger partial charge in [-0.2, -0.15) is 0 Å². The van der Waals surface area contributed by atoms with Crippen molar-refractivity contribution in [1.82, 2.24) is 0 Å². The molecule has 0 fully saturated rings. The van der Waals surface area contributed by atoms with Crippen molar-refractivity contribution in [3.05, 3.63) is 23.8 Å². The first-order valence-electron chi connectivity index (χ1n) is 14.5. The SMILES string of the molecule is CCCCCCCCC(CC)C(=O)Oc1cc(C)cc(OC(=O)C(CC)CCCCCCCC)c1. The Kier molecular flexibility index (Phi) is 17.3. The molecule has 1 aromatic rings. The molecule has 35 heavy (non-hydrogen) atoms. The summed E-state index contributed by atoms with van der Waals surface area (Å²) < 4.78 is 11.5. The predicted molar refractivity (Wildman–Crippen MR) is 146 cm³/mol. The Hall–Kier alpha value is -1.84. The molecule has 4 nitrogen and oxygen atoms in total. The number of hydrogen-bond donors (Lipinski definition) is 0. The van der Waals surface area contributed by atoms with Crippen molar-refractivity contribution in [1.29, 1.82) is 0 Å². The molecule has 0 aromatic heterocycles. The Labute approximate surface area is 215 Å². The highest BCUT2D eigenvalue weighted by molar-refractivity contribution is 5.76. The van der Waals surface area contributed by atoms with Gasteiger partial charge in [-0.1, -0.05) is 105 Å². The van der Waals surface area contributed by atoms with Crippen LogP contribution in [0.3, 0.4) is 0 Å². The highest BCUT2D eigenvalue weighted by Crippen LogP contribution is 2.27. The lowest BCUT2D eigenvalue weighted by Gasteiger charge is -2.16. The molecular weight excluding hydrogens is 436 g/mol. The third kappa shape index (κ3) is 13.7. The Balaban J connectivity index is 2.59. The zero-order valence-electron chi connectivity index (χ0n) is 23.3. The average Bonchev–Trinajstić information content (AvgIpc) is 2.82. The van der Waals surface area contributed by atoms with E-state index in [2.05, 4.69) is 13.8 Å². The monoisotopic (exact) mass is 488 g/mol. The van der Waals surface area contributed by atoms with E-state index in [1.54, 1.807) is 6.07 Å². The average molecular weight is 489 g/mol. The predicted octanol–water partition coefficient (Wildman–Crippen LogP) is 9.36. The van der Waals surface area contributed by atoms with E-state index < -0.39 is 0 Å². The summed E-state index contributed by atoms with van der Waals surface area (Å²) in [4.78, 5) is 25.6. The smallest absolute Gasteiger partial charge is 0.314 e. The lowest BCUT2D eigenvalue weighted by Crippen LogP contribution is -2.21. The van der Waals surface area contributed by atoms with Crippen molar-refractivity contribution in [3.63, 3.8) is 0 Å². The molecule has 0 saturated heterocycles. The molecular formula is C31H52O4. The van der Waals surface area contributed by atoms with Crippen LogP contribution in [0.1, 0.15) is 136 Å². The van der Waals surface area contributed by atoms with Gasteiger partial charge < -0.3 is 9.47 Å². The highest BCUT2D eigenvalue weighted by atomic mass is 16.5. The second-order valence-corrected chi connectivity index (χ2v) is 10.1. The molecule has 0 aliphatic carbocycles. The molecule has 0 heterocycles. The van der Waals surface area contributed by atoms with Crippen LogP contribution in [0.4, 0.5) is 0 Å². The Morgan fingerprint density at radius 1 is 0.600 bits per heavy atom. The minimum atomic E-state index is -0.182. The molecule has 0 aliphatic heterocycles. The second kappa shape index (κ2) is 19.4. The molecule has 0 spiro atoms. The Bertz CT molecular complexity index is 656. The number of ether oxygens (including phenoxy) is 2. The third-order valence-corrected chi connectivity index (χ3v) is 6.93. The van der Waals surface area contributed by atoms with Gasteiger partial charge in [-0.15, -0.1) is 0 Å². The van der Waals surface area contributed by atoms with E-state index in [4.69, 9.17) is 9.47 Å². The lowest BCUT2D eigenvalue weighted by atomic mass is 9.98. The fourth-order valence-electron chi connectivity index (χ4n) is 4.55. The summed E-state index contributed by atoms with van der Waals surface area (Å²) in [5.74, 6) is 0.382. The van der Waals surface area contributed by atoms with Crippen molar-refractivity contribution in [3.8, 4) is 11.5 Å². The third-order valence-electron chi connectivity index (χ3n) is 6.93. The standard InChI is InChI=1S/C31H52O4/c1-6-10-12-14-16-18-20-26(8-3)30(32)34-28-22-25(5)23-29(24-28)35-31(33)27(9-4)21-19-17-15-13-11-7-2/h22-24,26-27H,6-21H2,1-5H3. The first-order chi connectivity index (χ1) is 16.9. The molecule has 200 valence electrons. The first-order valence-corrected chi connectivity index (χ1v) is 14.5. The maximum atomic E-state index is 12.8. The molecule has 0 saturated carbocycles. The van der Waals surface area contributed by atoms with Gasteiger partial charge in [-0.25, -0.2) is 0 Å². The highest BCUT2D eigenvalue weighted by Gasteiger charge is 2.21. The van der Waals surface area contributed by atoms with Crippen molar-refractivity contribution in [2.45, 2.75) is 137 Å². The van der Waals surface area contributed by atoms with Crippen LogP contribution >= 0.6 is 0 Å². The largest absolute Gasteiger partial charge is 0.426 e. The van der Waals surface area contributed by atoms with Crippen molar-refractivity contribution >= 4 is 11.9 Å². The number of esters is 2. The summed E-state index contributed by atoms with van der Waals surface area (Å²) in [5.41, 5.74) is 0.908. The van der Waals surface area contributed by atoms with Gasteiger partial charge in [-0.3, -0.25) is 9.59 Å². The van der Waals surface area contributed by atoms with Gasteiger partial charge in [-0.05, 0) is 50.3 Å². The fraction of sp³-hybridized carbons (Fsp3) is 0.742. The van der Waals surface area contributed by atoms with Crippen molar-refractivity contribution in [2.24, 2.45) is 11.8 Å². The summed E-state index contributed by atoms with van der Waals surface area (Å²) in [6.45, 7) is 10.5. The first kappa shape index (κ1) is 31.2. The van der Waals surface area contributed by atoms with Gasteiger partial charge in [0.1, 0.15) is 11.5 Å². The van der Waals surface area contributed by atoms with E-state index in [1.807, 2.05) is 32.9 Å². The number of unbranched alkanes of at least 4 members (excludes halogenated alkanes) is 10. The van der Waals surface area contributed by atoms with Gasteiger partial charge in [0, 0.05) is 6.07 Å². The molecule has 2 unspecified atom stereocenters. The number of benzene rings is 1. The van der Waals surface area contributed by atoms with E-state index in [-0.39, 0.29) is 23.8 Å². The van der Waals surface area contributed by atoms with E-state index in [9.17, 15) is 9.59 Å². The molecule has 0 aliphatic rings. The summed E-state index contributed by atoms with van der Waals surface area (Å²) >= 11 is 0. The van der Waals surface area contributed by atoms with Gasteiger partial charge in [0.25, 0.3) is 0 Å². The molecule has 2 atom stereocenters. The maximum Gasteiger partial charge on any atom is 0.314 e. The van der Waals surface area contributed by atoms with Gasteiger partial charge in [0.2, 0.25) is 0 Å². The van der Waals surface area contributed by atoms with E-state index in [1.165, 1.54) is 64.2 Å². The van der Waals surface area contributed by atoms with Gasteiger partial charge in [0.15, 0.2) is 0 Å². The molecule has 0 amide bonds. The summed E-state index contributed by atoms with van der Waals surface area (Å²) in [6.07, 6.45) is 17.9. The Morgan fingerprint density at radius 2 is 0.971 bits per heavy atom. The molecule has 0 N–H and O–H groups in total. The maximum absolute atomic E-state index is 12.8. The topological polar surface area (TPSA) is 52.6 Å². The van der Waals surface area contributed by atoms with Crippen LogP contribution in [0, 0.1) is 18.8 Å². The van der Waals surface area contributed by atoms with E-state index in [0.717, 1.165) is 44.1 Å². The zero-order valence-corrected chi connectivity index (χ0v) is 23.3. The normalized spacial score (nSPS) is 12.8. The number of carbonyl (C=O) groups excluding carboxylic acids is 2. The lowest BCUT2D eigenvalue weighted by molar-refractivity contribution is -0.139. The van der Waals surface area contributed by atoms with Crippen LogP contribution in [0.15, 0.2) is 18.2 Å². The minimum Gasteiger partial charge on any atom is -0.426 e. The summed E-state index contributed by atoms with van der Waals surface area (Å²) in [5, 5.41) is 0. The summed E-state index contributed by atoms with van der Waals surface area (Å²) in [6, 6.07) is 5.35. The molecule has 4 heteroatoms. The quantitative estimate of drug-likeness (QED) is 0.104. The second-order valence-electron chi connectivity index (χ2n) is 10.1.